The summed E-state index contributed by atoms with van der Waals surface area (Å²) in [5.74, 6) is 0.182. The van der Waals surface area contributed by atoms with Gasteiger partial charge in [0.25, 0.3) is 0 Å². The number of carbonyl (C=O) groups is 2. The molecule has 1 aliphatic rings. The van der Waals surface area contributed by atoms with Crippen molar-refractivity contribution in [1.29, 1.82) is 0 Å². The number of carbonyl (C=O) groups excluding carboxylic acids is 2. The number of thiophene rings is 1. The summed E-state index contributed by atoms with van der Waals surface area (Å²) in [6.45, 7) is 2.36. The van der Waals surface area contributed by atoms with Crippen LogP contribution in [-0.4, -0.2) is 40.9 Å². The fourth-order valence-electron chi connectivity index (χ4n) is 2.30. The minimum absolute atomic E-state index is 0.0690. The smallest absolute Gasteiger partial charge is 0.340 e. The highest BCUT2D eigenvalue weighted by atomic mass is 32.1. The second-order valence-electron chi connectivity index (χ2n) is 4.75. The van der Waals surface area contributed by atoms with Gasteiger partial charge in [-0.05, 0) is 24.8 Å². The number of esters is 1. The quantitative estimate of drug-likeness (QED) is 0.857. The highest BCUT2D eigenvalue weighted by Gasteiger charge is 2.35. The maximum atomic E-state index is 12.6. The van der Waals surface area contributed by atoms with Gasteiger partial charge in [0.05, 0.1) is 12.7 Å². The van der Waals surface area contributed by atoms with Crippen LogP contribution in [-0.2, 0) is 9.53 Å². The van der Waals surface area contributed by atoms with E-state index in [-0.39, 0.29) is 11.9 Å². The van der Waals surface area contributed by atoms with Gasteiger partial charge in [-0.1, -0.05) is 0 Å². The van der Waals surface area contributed by atoms with Gasteiger partial charge in [0.15, 0.2) is 0 Å². The summed E-state index contributed by atoms with van der Waals surface area (Å²) in [6.07, 6.45) is 0.649. The Balaban J connectivity index is 1.76. The summed E-state index contributed by atoms with van der Waals surface area (Å²) in [4.78, 5) is 30.1. The standard InChI is InChI=1S/C13H14N4O3S2/c1-7-14-13(22-16-7)15-9-3-5-17(10(9)18)11-8(4-6-21-11)12(19)20-2/h4,6,9H,3,5H2,1-2H3,(H,14,15,16)/t9-/m0/s1. The molecule has 7 nitrogen and oxygen atoms in total. The molecule has 0 saturated carbocycles. The van der Waals surface area contributed by atoms with Crippen molar-refractivity contribution >= 4 is 44.9 Å². The topological polar surface area (TPSA) is 84.4 Å². The van der Waals surface area contributed by atoms with Crippen molar-refractivity contribution in [2.45, 2.75) is 19.4 Å². The molecule has 0 bridgehead atoms. The Morgan fingerprint density at radius 1 is 1.55 bits per heavy atom. The van der Waals surface area contributed by atoms with Gasteiger partial charge in [0, 0.05) is 18.1 Å². The van der Waals surface area contributed by atoms with Crippen LogP contribution in [0, 0.1) is 6.92 Å². The third-order valence-corrected chi connectivity index (χ3v) is 5.00. The molecule has 2 aromatic heterocycles. The molecular weight excluding hydrogens is 324 g/mol. The normalized spacial score (nSPS) is 17.8. The highest BCUT2D eigenvalue weighted by molar-refractivity contribution is 7.14. The molecule has 1 fully saturated rings. The number of ether oxygens (including phenoxy) is 1. The Morgan fingerprint density at radius 3 is 3.05 bits per heavy atom. The Bertz CT molecular complexity index is 712. The molecule has 0 aromatic carbocycles. The van der Waals surface area contributed by atoms with E-state index < -0.39 is 5.97 Å². The monoisotopic (exact) mass is 338 g/mol. The van der Waals surface area contributed by atoms with Crippen LogP contribution in [0.2, 0.25) is 0 Å². The molecule has 22 heavy (non-hydrogen) atoms. The molecule has 1 atom stereocenters. The molecule has 0 radical (unpaired) electrons. The third kappa shape index (κ3) is 2.69. The van der Waals surface area contributed by atoms with Crippen LogP contribution in [0.4, 0.5) is 10.1 Å². The molecule has 3 heterocycles. The Morgan fingerprint density at radius 2 is 2.36 bits per heavy atom. The fraction of sp³-hybridized carbons (Fsp3) is 0.385. The number of aryl methyl sites for hydroxylation is 1. The summed E-state index contributed by atoms with van der Waals surface area (Å²) in [6, 6.07) is 1.33. The van der Waals surface area contributed by atoms with Crippen LogP contribution in [0.5, 0.6) is 0 Å². The molecule has 0 aliphatic carbocycles. The van der Waals surface area contributed by atoms with Crippen LogP contribution in [0.3, 0.4) is 0 Å². The molecule has 1 aliphatic heterocycles. The van der Waals surface area contributed by atoms with Crippen molar-refractivity contribution in [2.75, 3.05) is 23.9 Å². The van der Waals surface area contributed by atoms with Crippen molar-refractivity contribution in [2.24, 2.45) is 0 Å². The summed E-state index contributed by atoms with van der Waals surface area (Å²) in [5.41, 5.74) is 0.424. The van der Waals surface area contributed by atoms with E-state index in [2.05, 4.69) is 14.7 Å². The first-order chi connectivity index (χ1) is 10.6. The van der Waals surface area contributed by atoms with Crippen molar-refractivity contribution in [3.63, 3.8) is 0 Å². The molecule has 9 heteroatoms. The minimum atomic E-state index is -0.430. The molecule has 1 N–H and O–H groups in total. The summed E-state index contributed by atoms with van der Waals surface area (Å²) in [7, 11) is 1.33. The maximum Gasteiger partial charge on any atom is 0.340 e. The van der Waals surface area contributed by atoms with Gasteiger partial charge in [-0.15, -0.1) is 11.3 Å². The number of nitrogens with zero attached hydrogens (tertiary/aromatic N) is 3. The van der Waals surface area contributed by atoms with Crippen molar-refractivity contribution in [3.8, 4) is 0 Å². The maximum absolute atomic E-state index is 12.6. The largest absolute Gasteiger partial charge is 0.465 e. The summed E-state index contributed by atoms with van der Waals surface area (Å²) >= 11 is 2.59. The fourth-order valence-corrected chi connectivity index (χ4v) is 3.84. The first-order valence-corrected chi connectivity index (χ1v) is 8.29. The molecule has 1 saturated heterocycles. The second-order valence-corrected chi connectivity index (χ2v) is 6.40. The van der Waals surface area contributed by atoms with Crippen molar-refractivity contribution in [1.82, 2.24) is 9.36 Å². The van der Waals surface area contributed by atoms with Crippen LogP contribution in [0.1, 0.15) is 22.6 Å². The van der Waals surface area contributed by atoms with E-state index in [0.717, 1.165) is 0 Å². The third-order valence-electron chi connectivity index (χ3n) is 3.33. The van der Waals surface area contributed by atoms with E-state index in [1.54, 1.807) is 23.3 Å². The van der Waals surface area contributed by atoms with Gasteiger partial charge in [-0.3, -0.25) is 4.79 Å². The number of hydrogen-bond acceptors (Lipinski definition) is 8. The lowest BCUT2D eigenvalue weighted by atomic mass is 10.2. The van der Waals surface area contributed by atoms with Crippen LogP contribution in [0.25, 0.3) is 0 Å². The van der Waals surface area contributed by atoms with Gasteiger partial charge in [0.2, 0.25) is 11.0 Å². The predicted molar refractivity (Wildman–Crippen MR) is 84.7 cm³/mol. The molecule has 1 amide bonds. The van der Waals surface area contributed by atoms with Crippen LogP contribution >= 0.6 is 22.9 Å². The van der Waals surface area contributed by atoms with Gasteiger partial charge in [-0.25, -0.2) is 9.78 Å². The number of hydrogen-bond donors (Lipinski definition) is 1. The molecular formula is C13H14N4O3S2. The zero-order valence-corrected chi connectivity index (χ0v) is 13.7. The lowest BCUT2D eigenvalue weighted by Crippen LogP contribution is -2.33. The van der Waals surface area contributed by atoms with E-state index in [4.69, 9.17) is 4.74 Å². The van der Waals surface area contributed by atoms with E-state index in [1.807, 2.05) is 0 Å². The van der Waals surface area contributed by atoms with Gasteiger partial charge in [0.1, 0.15) is 16.9 Å². The van der Waals surface area contributed by atoms with Gasteiger partial charge >= 0.3 is 5.97 Å². The number of amides is 1. The van der Waals surface area contributed by atoms with Crippen LogP contribution in [0.15, 0.2) is 11.4 Å². The molecule has 2 aromatic rings. The lowest BCUT2D eigenvalue weighted by Gasteiger charge is -2.16. The first kappa shape index (κ1) is 14.9. The van der Waals surface area contributed by atoms with E-state index >= 15 is 0 Å². The number of nitrogens with one attached hydrogen (secondary N) is 1. The molecule has 116 valence electrons. The van der Waals surface area contributed by atoms with Crippen molar-refractivity contribution < 1.29 is 14.3 Å². The summed E-state index contributed by atoms with van der Waals surface area (Å²) < 4.78 is 8.84. The Labute approximate surface area is 135 Å². The molecule has 0 spiro atoms. The molecule has 0 unspecified atom stereocenters. The predicted octanol–water partition coefficient (Wildman–Crippen LogP) is 1.91. The lowest BCUT2D eigenvalue weighted by molar-refractivity contribution is -0.117. The highest BCUT2D eigenvalue weighted by Crippen LogP contribution is 2.32. The number of methoxy groups -OCH3 is 1. The first-order valence-electron chi connectivity index (χ1n) is 6.64. The zero-order valence-electron chi connectivity index (χ0n) is 12.0. The zero-order chi connectivity index (χ0) is 15.7. The Kier molecular flexibility index (Phi) is 4.08. The van der Waals surface area contributed by atoms with E-state index in [1.165, 1.54) is 30.0 Å². The minimum Gasteiger partial charge on any atom is -0.465 e. The SMILES string of the molecule is COC(=O)c1ccsc1N1CC[C@H](Nc2nc(C)ns2)C1=O. The van der Waals surface area contributed by atoms with E-state index in [0.29, 0.717) is 34.5 Å². The number of anilines is 2. The number of aromatic nitrogens is 2. The van der Waals surface area contributed by atoms with Gasteiger partial charge < -0.3 is 15.0 Å². The molecule has 3 rings (SSSR count). The van der Waals surface area contributed by atoms with Gasteiger partial charge in [-0.2, -0.15) is 4.37 Å². The average molecular weight is 338 g/mol. The van der Waals surface area contributed by atoms with Crippen LogP contribution < -0.4 is 10.2 Å². The van der Waals surface area contributed by atoms with E-state index in [9.17, 15) is 9.59 Å². The van der Waals surface area contributed by atoms with Crippen molar-refractivity contribution in [3.05, 3.63) is 22.8 Å². The Hall–Kier alpha value is -2.00. The summed E-state index contributed by atoms with van der Waals surface area (Å²) in [5, 5.41) is 6.16. The average Bonchev–Trinajstić information content (AvgIpc) is 3.21. The second kappa shape index (κ2) is 6.01. The number of rotatable bonds is 4.